The highest BCUT2D eigenvalue weighted by atomic mass is 16.4. The van der Waals surface area contributed by atoms with E-state index in [2.05, 4.69) is 12.2 Å². The van der Waals surface area contributed by atoms with E-state index in [1.165, 1.54) is 32.1 Å². The molecule has 3 heteroatoms. The first-order valence-electron chi connectivity index (χ1n) is 7.68. The second-order valence-electron chi connectivity index (χ2n) is 6.03. The number of hydrogen-bond acceptors (Lipinski definition) is 2. The fraction of sp³-hybridized carbons (Fsp3) is 0.588. The van der Waals surface area contributed by atoms with Gasteiger partial charge < -0.3 is 10.4 Å². The number of rotatable bonds is 5. The van der Waals surface area contributed by atoms with Crippen molar-refractivity contribution in [3.63, 3.8) is 0 Å². The van der Waals surface area contributed by atoms with E-state index >= 15 is 0 Å². The van der Waals surface area contributed by atoms with Gasteiger partial charge in [0.15, 0.2) is 0 Å². The first-order valence-corrected chi connectivity index (χ1v) is 7.68. The van der Waals surface area contributed by atoms with Gasteiger partial charge in [-0.2, -0.15) is 0 Å². The van der Waals surface area contributed by atoms with Gasteiger partial charge >= 0.3 is 5.97 Å². The van der Waals surface area contributed by atoms with Crippen molar-refractivity contribution in [2.24, 2.45) is 11.8 Å². The minimum absolute atomic E-state index is 0.373. The molecule has 110 valence electrons. The molecule has 0 aliphatic heterocycles. The molecule has 0 radical (unpaired) electrons. The van der Waals surface area contributed by atoms with Crippen molar-refractivity contribution in [3.8, 4) is 0 Å². The van der Waals surface area contributed by atoms with Crippen LogP contribution in [0.15, 0.2) is 18.2 Å². The van der Waals surface area contributed by atoms with Crippen molar-refractivity contribution >= 4 is 11.7 Å². The molecule has 1 aliphatic carbocycles. The Morgan fingerprint density at radius 2 is 1.90 bits per heavy atom. The Bertz CT molecular complexity index is 462. The largest absolute Gasteiger partial charge is 0.478 e. The maximum atomic E-state index is 11.2. The average molecular weight is 275 g/mol. The molecule has 0 unspecified atom stereocenters. The monoisotopic (exact) mass is 275 g/mol. The SMILES string of the molecule is CCC1CCC(CNc2cc(C)ccc2C(=O)O)CC1. The van der Waals surface area contributed by atoms with Crippen molar-refractivity contribution < 1.29 is 9.90 Å². The van der Waals surface area contributed by atoms with E-state index < -0.39 is 5.97 Å². The summed E-state index contributed by atoms with van der Waals surface area (Å²) in [5.74, 6) is 0.724. The third kappa shape index (κ3) is 3.75. The van der Waals surface area contributed by atoms with E-state index in [0.29, 0.717) is 11.5 Å². The molecule has 1 aliphatic rings. The van der Waals surface area contributed by atoms with Crippen LogP contribution in [0.1, 0.15) is 54.9 Å². The van der Waals surface area contributed by atoms with Crippen LogP contribution in [0, 0.1) is 18.8 Å². The first-order chi connectivity index (χ1) is 9.60. The number of aryl methyl sites for hydroxylation is 1. The lowest BCUT2D eigenvalue weighted by Gasteiger charge is -2.28. The lowest BCUT2D eigenvalue weighted by Crippen LogP contribution is -2.21. The molecule has 0 atom stereocenters. The number of anilines is 1. The standard InChI is InChI=1S/C17H25NO2/c1-3-13-5-7-14(8-6-13)11-18-16-10-12(2)4-9-15(16)17(19)20/h4,9-10,13-14,18H,3,5-8,11H2,1-2H3,(H,19,20). The van der Waals surface area contributed by atoms with Gasteiger partial charge in [0.25, 0.3) is 0 Å². The molecule has 1 aromatic rings. The van der Waals surface area contributed by atoms with Crippen LogP contribution < -0.4 is 5.32 Å². The summed E-state index contributed by atoms with van der Waals surface area (Å²) in [6.45, 7) is 5.15. The lowest BCUT2D eigenvalue weighted by atomic mass is 9.81. The van der Waals surface area contributed by atoms with Crippen LogP contribution in [-0.4, -0.2) is 17.6 Å². The summed E-state index contributed by atoms with van der Waals surface area (Å²) in [6, 6.07) is 5.47. The maximum Gasteiger partial charge on any atom is 0.337 e. The Labute approximate surface area is 121 Å². The van der Waals surface area contributed by atoms with Crippen molar-refractivity contribution in [2.75, 3.05) is 11.9 Å². The van der Waals surface area contributed by atoms with Gasteiger partial charge in [-0.1, -0.05) is 32.3 Å². The topological polar surface area (TPSA) is 49.3 Å². The molecule has 2 rings (SSSR count). The van der Waals surface area contributed by atoms with Crippen molar-refractivity contribution in [1.29, 1.82) is 0 Å². The van der Waals surface area contributed by atoms with Gasteiger partial charge in [-0.25, -0.2) is 4.79 Å². The quantitative estimate of drug-likeness (QED) is 0.841. The van der Waals surface area contributed by atoms with Gasteiger partial charge in [0.05, 0.1) is 5.56 Å². The van der Waals surface area contributed by atoms with Crippen LogP contribution in [0.2, 0.25) is 0 Å². The molecule has 0 amide bonds. The van der Waals surface area contributed by atoms with Crippen LogP contribution in [0.25, 0.3) is 0 Å². The van der Waals surface area contributed by atoms with Gasteiger partial charge in [0.1, 0.15) is 0 Å². The third-order valence-corrected chi connectivity index (χ3v) is 4.53. The minimum Gasteiger partial charge on any atom is -0.478 e. The molecule has 1 aromatic carbocycles. The zero-order valence-electron chi connectivity index (χ0n) is 12.5. The summed E-state index contributed by atoms with van der Waals surface area (Å²) >= 11 is 0. The molecule has 0 saturated heterocycles. The molecular formula is C17H25NO2. The Morgan fingerprint density at radius 3 is 2.50 bits per heavy atom. The number of carboxylic acids is 1. The number of carboxylic acid groups (broad SMARTS) is 1. The Hall–Kier alpha value is -1.51. The van der Waals surface area contributed by atoms with E-state index in [9.17, 15) is 9.90 Å². The molecular weight excluding hydrogens is 250 g/mol. The number of hydrogen-bond donors (Lipinski definition) is 2. The summed E-state index contributed by atoms with van der Waals surface area (Å²) in [5, 5.41) is 12.6. The Kier molecular flexibility index (Phi) is 5.05. The van der Waals surface area contributed by atoms with Gasteiger partial charge in [0, 0.05) is 12.2 Å². The zero-order valence-corrected chi connectivity index (χ0v) is 12.5. The first kappa shape index (κ1) is 14.9. The minimum atomic E-state index is -0.859. The smallest absolute Gasteiger partial charge is 0.337 e. The summed E-state index contributed by atoms with van der Waals surface area (Å²) in [4.78, 5) is 11.2. The van der Waals surface area contributed by atoms with E-state index in [-0.39, 0.29) is 0 Å². The zero-order chi connectivity index (χ0) is 14.5. The van der Waals surface area contributed by atoms with Crippen LogP contribution in [0.3, 0.4) is 0 Å². The lowest BCUT2D eigenvalue weighted by molar-refractivity contribution is 0.0698. The van der Waals surface area contributed by atoms with Crippen molar-refractivity contribution in [3.05, 3.63) is 29.3 Å². The Balaban J connectivity index is 1.94. The fourth-order valence-corrected chi connectivity index (χ4v) is 3.09. The number of carbonyl (C=O) groups is 1. The number of aromatic carboxylic acids is 1. The molecule has 0 bridgehead atoms. The summed E-state index contributed by atoms with van der Waals surface area (Å²) < 4.78 is 0. The van der Waals surface area contributed by atoms with Gasteiger partial charge in [-0.05, 0) is 49.3 Å². The Morgan fingerprint density at radius 1 is 1.25 bits per heavy atom. The van der Waals surface area contributed by atoms with E-state index in [0.717, 1.165) is 23.7 Å². The molecule has 0 spiro atoms. The molecule has 1 saturated carbocycles. The van der Waals surface area contributed by atoms with Gasteiger partial charge in [-0.15, -0.1) is 0 Å². The van der Waals surface area contributed by atoms with Crippen LogP contribution in [-0.2, 0) is 0 Å². The second kappa shape index (κ2) is 6.78. The predicted molar refractivity (Wildman–Crippen MR) is 82.4 cm³/mol. The average Bonchev–Trinajstić information content (AvgIpc) is 2.45. The van der Waals surface area contributed by atoms with Gasteiger partial charge in [0.2, 0.25) is 0 Å². The van der Waals surface area contributed by atoms with Crippen LogP contribution in [0.5, 0.6) is 0 Å². The van der Waals surface area contributed by atoms with Crippen molar-refractivity contribution in [1.82, 2.24) is 0 Å². The molecule has 0 aromatic heterocycles. The number of benzene rings is 1. The second-order valence-corrected chi connectivity index (χ2v) is 6.03. The molecule has 3 nitrogen and oxygen atoms in total. The summed E-state index contributed by atoms with van der Waals surface area (Å²) in [7, 11) is 0. The van der Waals surface area contributed by atoms with E-state index in [4.69, 9.17) is 0 Å². The molecule has 20 heavy (non-hydrogen) atoms. The predicted octanol–water partition coefficient (Wildman–Crippen LogP) is 4.32. The van der Waals surface area contributed by atoms with E-state index in [1.807, 2.05) is 19.1 Å². The molecule has 1 fully saturated rings. The molecule has 2 N–H and O–H groups in total. The highest BCUT2D eigenvalue weighted by Crippen LogP contribution is 2.31. The maximum absolute atomic E-state index is 11.2. The van der Waals surface area contributed by atoms with Crippen LogP contribution >= 0.6 is 0 Å². The molecule has 0 heterocycles. The summed E-state index contributed by atoms with van der Waals surface area (Å²) in [6.07, 6.45) is 6.46. The normalized spacial score (nSPS) is 22.5. The number of nitrogens with one attached hydrogen (secondary N) is 1. The van der Waals surface area contributed by atoms with Crippen molar-refractivity contribution in [2.45, 2.75) is 46.0 Å². The van der Waals surface area contributed by atoms with Crippen LogP contribution in [0.4, 0.5) is 5.69 Å². The highest BCUT2D eigenvalue weighted by Gasteiger charge is 2.20. The summed E-state index contributed by atoms with van der Waals surface area (Å²) in [5.41, 5.74) is 2.22. The van der Waals surface area contributed by atoms with Gasteiger partial charge in [-0.3, -0.25) is 0 Å². The third-order valence-electron chi connectivity index (χ3n) is 4.53. The van der Waals surface area contributed by atoms with E-state index in [1.54, 1.807) is 6.07 Å². The highest BCUT2D eigenvalue weighted by molar-refractivity contribution is 5.94. The fourth-order valence-electron chi connectivity index (χ4n) is 3.09.